The molecule has 0 heterocycles. The van der Waals surface area contributed by atoms with Crippen LogP contribution in [0, 0.1) is 6.92 Å². The molecule has 0 radical (unpaired) electrons. The van der Waals surface area contributed by atoms with Gasteiger partial charge in [-0.1, -0.05) is 17.7 Å². The number of hydrazone groups is 1. The predicted molar refractivity (Wildman–Crippen MR) is 69.1 cm³/mol. The van der Waals surface area contributed by atoms with Crippen LogP contribution in [0.5, 0.6) is 0 Å². The van der Waals surface area contributed by atoms with Crippen LogP contribution < -0.4 is 5.43 Å². The van der Waals surface area contributed by atoms with Crippen molar-refractivity contribution in [2.75, 3.05) is 18.8 Å². The van der Waals surface area contributed by atoms with Gasteiger partial charge in [0.25, 0.3) is 5.04 Å². The highest BCUT2D eigenvalue weighted by Gasteiger charge is 2.23. The average Bonchev–Trinajstić information content (AvgIpc) is 2.29. The summed E-state index contributed by atoms with van der Waals surface area (Å²) in [7, 11) is -2.65. The lowest BCUT2D eigenvalue weighted by atomic mass is 10.2. The summed E-state index contributed by atoms with van der Waals surface area (Å²) in [5.74, 6) is -1.00. The van der Waals surface area contributed by atoms with Crippen LogP contribution in [0.3, 0.4) is 0 Å². The van der Waals surface area contributed by atoms with Gasteiger partial charge in [-0.05, 0) is 19.1 Å². The first kappa shape index (κ1) is 14.2. The van der Waals surface area contributed by atoms with Crippen molar-refractivity contribution in [1.82, 2.24) is 0 Å². The third-order valence-electron chi connectivity index (χ3n) is 2.05. The molecular weight excluding hydrogens is 256 g/mol. The molecule has 1 aromatic carbocycles. The molecule has 1 aromatic rings. The van der Waals surface area contributed by atoms with E-state index in [2.05, 4.69) is 15.3 Å². The molecule has 0 atom stereocenters. The Bertz CT molecular complexity index is 561. The standard InChI is InChI=1S/C11H14N2O4S/c1-8-4-6-9(7-5-8)12-13-10(11(14)17-2)18(3,15)16/h4-7,12H,1-3H3/b13-10+. The quantitative estimate of drug-likeness (QED) is 0.374. The van der Waals surface area contributed by atoms with Crippen LogP contribution in [0.1, 0.15) is 5.56 Å². The lowest BCUT2D eigenvalue weighted by Crippen LogP contribution is -2.25. The SMILES string of the molecule is COC(=O)/C(=N\Nc1ccc(C)cc1)S(C)(=O)=O. The maximum atomic E-state index is 11.3. The molecule has 7 heteroatoms. The van der Waals surface area contributed by atoms with Crippen molar-refractivity contribution in [1.29, 1.82) is 0 Å². The zero-order valence-electron chi connectivity index (χ0n) is 10.3. The number of carbonyl (C=O) groups excluding carboxylic acids is 1. The van der Waals surface area contributed by atoms with Gasteiger partial charge in [0.1, 0.15) is 0 Å². The number of nitrogens with one attached hydrogen (secondary N) is 1. The number of nitrogens with zero attached hydrogens (tertiary/aromatic N) is 1. The predicted octanol–water partition coefficient (Wildman–Crippen LogP) is 0.938. The van der Waals surface area contributed by atoms with Crippen LogP contribution in [-0.4, -0.2) is 32.8 Å². The third-order valence-corrected chi connectivity index (χ3v) is 3.01. The third kappa shape index (κ3) is 3.85. The van der Waals surface area contributed by atoms with Gasteiger partial charge in [-0.25, -0.2) is 13.2 Å². The summed E-state index contributed by atoms with van der Waals surface area (Å²) >= 11 is 0. The summed E-state index contributed by atoms with van der Waals surface area (Å²) in [6.07, 6.45) is 0.888. The highest BCUT2D eigenvalue weighted by Crippen LogP contribution is 2.08. The Balaban J connectivity index is 2.98. The van der Waals surface area contributed by atoms with E-state index in [0.717, 1.165) is 18.9 Å². The molecule has 0 aliphatic carbocycles. The molecule has 0 saturated heterocycles. The Morgan fingerprint density at radius 1 is 1.28 bits per heavy atom. The minimum atomic E-state index is -3.74. The van der Waals surface area contributed by atoms with Gasteiger partial charge in [0.2, 0.25) is 9.84 Å². The molecule has 0 aromatic heterocycles. The van der Waals surface area contributed by atoms with Gasteiger partial charge in [0.05, 0.1) is 12.8 Å². The monoisotopic (exact) mass is 270 g/mol. The molecule has 0 amide bonds. The van der Waals surface area contributed by atoms with Crippen LogP contribution in [0.25, 0.3) is 0 Å². The number of aryl methyl sites for hydroxylation is 1. The second-order valence-corrected chi connectivity index (χ2v) is 5.59. The van der Waals surface area contributed by atoms with Crippen molar-refractivity contribution in [2.45, 2.75) is 6.92 Å². The van der Waals surface area contributed by atoms with E-state index in [1.54, 1.807) is 12.1 Å². The molecule has 98 valence electrons. The van der Waals surface area contributed by atoms with Gasteiger partial charge in [-0.15, -0.1) is 0 Å². The van der Waals surface area contributed by atoms with Crippen LogP contribution in [0.2, 0.25) is 0 Å². The highest BCUT2D eigenvalue weighted by molar-refractivity contribution is 8.07. The first-order valence-corrected chi connectivity index (χ1v) is 6.92. The summed E-state index contributed by atoms with van der Waals surface area (Å²) in [4.78, 5) is 11.3. The average molecular weight is 270 g/mol. The molecule has 0 fully saturated rings. The van der Waals surface area contributed by atoms with E-state index in [1.165, 1.54) is 0 Å². The molecular formula is C11H14N2O4S. The molecule has 1 rings (SSSR count). The second-order valence-electron chi connectivity index (χ2n) is 3.66. The van der Waals surface area contributed by atoms with E-state index in [9.17, 15) is 13.2 Å². The highest BCUT2D eigenvalue weighted by atomic mass is 32.2. The Morgan fingerprint density at radius 2 is 1.83 bits per heavy atom. The molecule has 0 saturated carbocycles. The van der Waals surface area contributed by atoms with Crippen molar-refractivity contribution in [3.05, 3.63) is 29.8 Å². The largest absolute Gasteiger partial charge is 0.464 e. The van der Waals surface area contributed by atoms with E-state index in [-0.39, 0.29) is 0 Å². The fourth-order valence-electron chi connectivity index (χ4n) is 1.11. The first-order valence-electron chi connectivity index (χ1n) is 5.03. The van der Waals surface area contributed by atoms with E-state index in [4.69, 9.17) is 0 Å². The first-order chi connectivity index (χ1) is 8.34. The Hall–Kier alpha value is -1.89. The van der Waals surface area contributed by atoms with E-state index in [0.29, 0.717) is 5.69 Å². The van der Waals surface area contributed by atoms with Gasteiger partial charge in [0.15, 0.2) is 0 Å². The van der Waals surface area contributed by atoms with Crippen molar-refractivity contribution in [3.8, 4) is 0 Å². The van der Waals surface area contributed by atoms with Gasteiger partial charge >= 0.3 is 5.97 Å². The van der Waals surface area contributed by atoms with E-state index in [1.807, 2.05) is 19.1 Å². The van der Waals surface area contributed by atoms with Crippen LogP contribution in [0.15, 0.2) is 29.4 Å². The smallest absolute Gasteiger partial charge is 0.370 e. The topological polar surface area (TPSA) is 84.8 Å². The Labute approximate surface area is 106 Å². The number of carbonyl (C=O) groups is 1. The number of anilines is 1. The maximum absolute atomic E-state index is 11.3. The summed E-state index contributed by atoms with van der Waals surface area (Å²) in [6.45, 7) is 1.92. The van der Waals surface area contributed by atoms with Gasteiger partial charge in [-0.3, -0.25) is 5.43 Å². The number of methoxy groups -OCH3 is 1. The molecule has 0 aliphatic heterocycles. The zero-order valence-corrected chi connectivity index (χ0v) is 11.1. The number of esters is 1. The van der Waals surface area contributed by atoms with Crippen LogP contribution in [0.4, 0.5) is 5.69 Å². The number of rotatable bonds is 2. The molecule has 0 bridgehead atoms. The Morgan fingerprint density at radius 3 is 2.28 bits per heavy atom. The van der Waals surface area contributed by atoms with Crippen LogP contribution >= 0.6 is 0 Å². The summed E-state index contributed by atoms with van der Waals surface area (Å²) < 4.78 is 27.0. The molecule has 0 aliphatic rings. The fourth-order valence-corrected chi connectivity index (χ4v) is 1.71. The zero-order chi connectivity index (χ0) is 13.8. The second kappa shape index (κ2) is 5.63. The number of benzene rings is 1. The van der Waals surface area contributed by atoms with Crippen LogP contribution in [-0.2, 0) is 19.4 Å². The minimum Gasteiger partial charge on any atom is -0.464 e. The van der Waals surface area contributed by atoms with Crippen molar-refractivity contribution >= 4 is 26.5 Å². The maximum Gasteiger partial charge on any atom is 0.370 e. The summed E-state index contributed by atoms with van der Waals surface area (Å²) in [5.41, 5.74) is 4.13. The summed E-state index contributed by atoms with van der Waals surface area (Å²) in [6, 6.07) is 7.10. The van der Waals surface area contributed by atoms with Crippen molar-refractivity contribution in [3.63, 3.8) is 0 Å². The molecule has 1 N–H and O–H groups in total. The number of hydrogen-bond acceptors (Lipinski definition) is 6. The van der Waals surface area contributed by atoms with E-state index < -0.39 is 20.9 Å². The van der Waals surface area contributed by atoms with Gasteiger partial charge in [0, 0.05) is 6.26 Å². The molecule has 18 heavy (non-hydrogen) atoms. The van der Waals surface area contributed by atoms with Gasteiger partial charge < -0.3 is 4.74 Å². The fraction of sp³-hybridized carbons (Fsp3) is 0.273. The lowest BCUT2D eigenvalue weighted by molar-refractivity contribution is -0.132. The molecule has 6 nitrogen and oxygen atoms in total. The lowest BCUT2D eigenvalue weighted by Gasteiger charge is -2.04. The number of sulfone groups is 1. The minimum absolute atomic E-state index is 0.575. The number of ether oxygens (including phenoxy) is 1. The molecule has 0 spiro atoms. The normalized spacial score (nSPS) is 12.1. The number of hydrogen-bond donors (Lipinski definition) is 1. The van der Waals surface area contributed by atoms with Gasteiger partial charge in [-0.2, -0.15) is 5.10 Å². The Kier molecular flexibility index (Phi) is 4.43. The van der Waals surface area contributed by atoms with E-state index >= 15 is 0 Å². The molecule has 0 unspecified atom stereocenters. The summed E-state index contributed by atoms with van der Waals surface area (Å²) in [5, 5.41) is 2.91. The van der Waals surface area contributed by atoms with Crippen molar-refractivity contribution in [2.24, 2.45) is 5.10 Å². The van der Waals surface area contributed by atoms with Crippen molar-refractivity contribution < 1.29 is 17.9 Å².